The van der Waals surface area contributed by atoms with E-state index in [2.05, 4.69) is 26.3 Å². The molecule has 0 fully saturated rings. The third-order valence-electron chi connectivity index (χ3n) is 1.91. The summed E-state index contributed by atoms with van der Waals surface area (Å²) in [6.07, 6.45) is -4.40. The van der Waals surface area contributed by atoms with Crippen molar-refractivity contribution in [1.29, 1.82) is 0 Å². The summed E-state index contributed by atoms with van der Waals surface area (Å²) in [6.45, 7) is 0. The number of hydrazine groups is 1. The first-order valence-electron chi connectivity index (χ1n) is 4.05. The molecule has 0 atom stereocenters. The van der Waals surface area contributed by atoms with E-state index in [1.807, 2.05) is 0 Å². The van der Waals surface area contributed by atoms with E-state index < -0.39 is 11.7 Å². The van der Waals surface area contributed by atoms with Crippen molar-refractivity contribution in [3.05, 3.63) is 22.2 Å². The van der Waals surface area contributed by atoms with Crippen molar-refractivity contribution in [2.24, 2.45) is 5.84 Å². The lowest BCUT2D eigenvalue weighted by atomic mass is 10.2. The lowest BCUT2D eigenvalue weighted by Gasteiger charge is -2.08. The van der Waals surface area contributed by atoms with Gasteiger partial charge in [0.15, 0.2) is 5.13 Å². The van der Waals surface area contributed by atoms with E-state index in [-0.39, 0.29) is 9.99 Å². The number of thiazole rings is 1. The van der Waals surface area contributed by atoms with Gasteiger partial charge in [0.2, 0.25) is 0 Å². The molecule has 1 aromatic heterocycles. The molecule has 1 aromatic carbocycles. The number of nitrogens with two attached hydrogens (primary N) is 1. The Kier molecular flexibility index (Phi) is 2.81. The van der Waals surface area contributed by atoms with Gasteiger partial charge >= 0.3 is 6.18 Å². The first-order chi connectivity index (χ1) is 7.41. The summed E-state index contributed by atoms with van der Waals surface area (Å²) in [7, 11) is 0. The number of aromatic nitrogens is 1. The fourth-order valence-electron chi connectivity index (χ4n) is 1.23. The maximum atomic E-state index is 12.6. The molecule has 2 aromatic rings. The van der Waals surface area contributed by atoms with Gasteiger partial charge in [0.25, 0.3) is 0 Å². The lowest BCUT2D eigenvalue weighted by molar-refractivity contribution is -0.138. The molecule has 8 heteroatoms. The fraction of sp³-hybridized carbons (Fsp3) is 0.125. The van der Waals surface area contributed by atoms with Crippen LogP contribution >= 0.6 is 27.3 Å². The number of hydrogen-bond acceptors (Lipinski definition) is 4. The lowest BCUT2D eigenvalue weighted by Crippen LogP contribution is -2.06. The molecule has 0 unspecified atom stereocenters. The Balaban J connectivity index is 2.66. The number of nitrogens with one attached hydrogen (secondary N) is 1. The van der Waals surface area contributed by atoms with Crippen LogP contribution in [0, 0.1) is 0 Å². The third-order valence-corrected chi connectivity index (χ3v) is 3.51. The van der Waals surface area contributed by atoms with Crippen LogP contribution in [0.2, 0.25) is 0 Å². The Morgan fingerprint density at radius 2 is 2.06 bits per heavy atom. The highest BCUT2D eigenvalue weighted by Crippen LogP contribution is 2.38. The first kappa shape index (κ1) is 11.6. The van der Waals surface area contributed by atoms with Gasteiger partial charge in [0.1, 0.15) is 0 Å². The molecule has 0 bridgehead atoms. The van der Waals surface area contributed by atoms with Crippen molar-refractivity contribution in [2.45, 2.75) is 6.18 Å². The molecule has 1 heterocycles. The summed E-state index contributed by atoms with van der Waals surface area (Å²) in [5, 5.41) is 0.376. The van der Waals surface area contributed by atoms with Crippen LogP contribution in [0.1, 0.15) is 5.56 Å². The van der Waals surface area contributed by atoms with Gasteiger partial charge in [-0.05, 0) is 12.1 Å². The highest BCUT2D eigenvalue weighted by molar-refractivity contribution is 9.10. The average molecular weight is 312 g/mol. The number of benzene rings is 1. The van der Waals surface area contributed by atoms with Crippen molar-refractivity contribution in [2.75, 3.05) is 5.43 Å². The summed E-state index contributed by atoms with van der Waals surface area (Å²) in [4.78, 5) is 3.91. The van der Waals surface area contributed by atoms with Crippen molar-refractivity contribution < 1.29 is 13.2 Å². The predicted molar refractivity (Wildman–Crippen MR) is 60.1 cm³/mol. The summed E-state index contributed by atoms with van der Waals surface area (Å²) in [5.41, 5.74) is 1.83. The quantitative estimate of drug-likeness (QED) is 0.627. The zero-order valence-electron chi connectivity index (χ0n) is 7.60. The van der Waals surface area contributed by atoms with Gasteiger partial charge in [-0.3, -0.25) is 5.43 Å². The van der Waals surface area contributed by atoms with Gasteiger partial charge in [-0.15, -0.1) is 0 Å². The molecular formula is C8H5BrF3N3S. The first-order valence-corrected chi connectivity index (χ1v) is 5.66. The molecule has 0 saturated carbocycles. The van der Waals surface area contributed by atoms with E-state index in [0.717, 1.165) is 6.07 Å². The van der Waals surface area contributed by atoms with Crippen LogP contribution in [0.3, 0.4) is 0 Å². The van der Waals surface area contributed by atoms with Gasteiger partial charge in [-0.1, -0.05) is 27.3 Å². The van der Waals surface area contributed by atoms with Crippen LogP contribution in [0.4, 0.5) is 18.3 Å². The molecule has 0 saturated heterocycles. The molecule has 86 valence electrons. The standard InChI is InChI=1S/C8H5BrF3N3S/c9-4-2-6-5(14-7(15-13)16-6)1-3(4)8(10,11)12/h1-2H,13H2,(H,14,15). The molecule has 0 aliphatic carbocycles. The van der Waals surface area contributed by atoms with E-state index in [9.17, 15) is 13.2 Å². The van der Waals surface area contributed by atoms with Crippen LogP contribution in [0.25, 0.3) is 10.2 Å². The Bertz CT molecular complexity index is 537. The van der Waals surface area contributed by atoms with Crippen LogP contribution in [0.15, 0.2) is 16.6 Å². The Morgan fingerprint density at radius 1 is 1.38 bits per heavy atom. The average Bonchev–Trinajstić information content (AvgIpc) is 2.56. The molecule has 3 nitrogen and oxygen atoms in total. The van der Waals surface area contributed by atoms with Gasteiger partial charge in [0.05, 0.1) is 15.8 Å². The molecule has 0 aliphatic rings. The molecule has 0 amide bonds. The molecule has 0 spiro atoms. The predicted octanol–water partition coefficient (Wildman–Crippen LogP) is 3.36. The molecule has 16 heavy (non-hydrogen) atoms. The van der Waals surface area contributed by atoms with E-state index in [0.29, 0.717) is 9.83 Å². The Labute approximate surface area is 101 Å². The van der Waals surface area contributed by atoms with E-state index in [1.165, 1.54) is 17.4 Å². The minimum absolute atomic E-state index is 0.000258. The van der Waals surface area contributed by atoms with Gasteiger partial charge in [-0.2, -0.15) is 13.2 Å². The molecular weight excluding hydrogens is 307 g/mol. The summed E-state index contributed by atoms with van der Waals surface area (Å²) >= 11 is 4.08. The van der Waals surface area contributed by atoms with E-state index >= 15 is 0 Å². The zero-order valence-corrected chi connectivity index (χ0v) is 10.0. The maximum absolute atomic E-state index is 12.6. The largest absolute Gasteiger partial charge is 0.417 e. The van der Waals surface area contributed by atoms with Crippen molar-refractivity contribution in [3.63, 3.8) is 0 Å². The molecule has 3 N–H and O–H groups in total. The zero-order chi connectivity index (χ0) is 11.9. The van der Waals surface area contributed by atoms with Crippen molar-refractivity contribution in [3.8, 4) is 0 Å². The smallest absolute Gasteiger partial charge is 0.300 e. The van der Waals surface area contributed by atoms with Gasteiger partial charge in [-0.25, -0.2) is 10.8 Å². The molecule has 0 radical (unpaired) electrons. The van der Waals surface area contributed by atoms with Crippen molar-refractivity contribution in [1.82, 2.24) is 4.98 Å². The maximum Gasteiger partial charge on any atom is 0.417 e. The van der Waals surface area contributed by atoms with E-state index in [4.69, 9.17) is 5.84 Å². The number of nitrogens with zero attached hydrogens (tertiary/aromatic N) is 1. The van der Waals surface area contributed by atoms with Gasteiger partial charge in [0, 0.05) is 4.47 Å². The topological polar surface area (TPSA) is 50.9 Å². The highest BCUT2D eigenvalue weighted by atomic mass is 79.9. The van der Waals surface area contributed by atoms with Crippen molar-refractivity contribution >= 4 is 42.6 Å². The highest BCUT2D eigenvalue weighted by Gasteiger charge is 2.33. The second kappa shape index (κ2) is 3.86. The number of hydrogen-bond donors (Lipinski definition) is 2. The second-order valence-electron chi connectivity index (χ2n) is 2.96. The number of rotatable bonds is 1. The monoisotopic (exact) mass is 311 g/mol. The summed E-state index contributed by atoms with van der Waals surface area (Å²) < 4.78 is 38.3. The van der Waals surface area contributed by atoms with E-state index in [1.54, 1.807) is 0 Å². The molecule has 0 aliphatic heterocycles. The number of anilines is 1. The summed E-state index contributed by atoms with van der Waals surface area (Å²) in [5.74, 6) is 5.14. The third kappa shape index (κ3) is 2.00. The SMILES string of the molecule is NNc1nc2cc(C(F)(F)F)c(Br)cc2s1. The number of fused-ring (bicyclic) bond motifs is 1. The number of alkyl halides is 3. The number of halogens is 4. The minimum atomic E-state index is -4.40. The fourth-order valence-corrected chi connectivity index (χ4v) is 2.74. The van der Waals surface area contributed by atoms with Gasteiger partial charge < -0.3 is 0 Å². The molecule has 2 rings (SSSR count). The second-order valence-corrected chi connectivity index (χ2v) is 4.85. The normalized spacial score (nSPS) is 12.1. The van der Waals surface area contributed by atoms with Crippen LogP contribution in [0.5, 0.6) is 0 Å². The minimum Gasteiger partial charge on any atom is -0.300 e. The van der Waals surface area contributed by atoms with Crippen LogP contribution in [-0.4, -0.2) is 4.98 Å². The Hall–Kier alpha value is -0.860. The Morgan fingerprint density at radius 3 is 2.62 bits per heavy atom. The number of nitrogen functional groups attached to an aromatic ring is 1. The van der Waals surface area contributed by atoms with Crippen LogP contribution in [-0.2, 0) is 6.18 Å². The summed E-state index contributed by atoms with van der Waals surface area (Å²) in [6, 6.07) is 2.38. The van der Waals surface area contributed by atoms with Crippen LogP contribution < -0.4 is 11.3 Å².